The minimum absolute atomic E-state index is 0.187. The number of halogens is 1. The average molecular weight is 348 g/mol. The van der Waals surface area contributed by atoms with E-state index in [9.17, 15) is 0 Å². The third kappa shape index (κ3) is 4.58. The van der Waals surface area contributed by atoms with Crippen LogP contribution < -0.4 is 10.1 Å². The minimum Gasteiger partial charge on any atom is -0.491 e. The number of benzene rings is 2. The predicted molar refractivity (Wildman–Crippen MR) is 91.6 cm³/mol. The van der Waals surface area contributed by atoms with Gasteiger partial charge in [0.25, 0.3) is 0 Å². The fourth-order valence-electron chi connectivity index (χ4n) is 2.22. The Morgan fingerprint density at radius 3 is 2.38 bits per heavy atom. The lowest BCUT2D eigenvalue weighted by atomic mass is 10.1. The predicted octanol–water partition coefficient (Wildman–Crippen LogP) is 5.09. The van der Waals surface area contributed by atoms with E-state index in [0.717, 1.165) is 16.8 Å². The summed E-state index contributed by atoms with van der Waals surface area (Å²) in [6.07, 6.45) is 0.187. The van der Waals surface area contributed by atoms with Gasteiger partial charge >= 0.3 is 0 Å². The van der Waals surface area contributed by atoms with Gasteiger partial charge in [0.1, 0.15) is 5.75 Å². The van der Waals surface area contributed by atoms with Crippen molar-refractivity contribution in [2.45, 2.75) is 39.5 Å². The number of hydrogen-bond acceptors (Lipinski definition) is 2. The summed E-state index contributed by atoms with van der Waals surface area (Å²) in [6, 6.07) is 16.8. The largest absolute Gasteiger partial charge is 0.491 e. The quantitative estimate of drug-likeness (QED) is 0.785. The molecule has 3 heteroatoms. The highest BCUT2D eigenvalue weighted by molar-refractivity contribution is 9.10. The minimum atomic E-state index is 0.187. The van der Waals surface area contributed by atoms with Gasteiger partial charge in [-0.3, -0.25) is 0 Å². The Balaban J connectivity index is 2.05. The van der Waals surface area contributed by atoms with Gasteiger partial charge in [-0.05, 0) is 38.5 Å². The first-order valence-corrected chi connectivity index (χ1v) is 8.09. The number of ether oxygens (including phenoxy) is 1. The molecule has 0 heterocycles. The molecule has 0 aliphatic heterocycles. The van der Waals surface area contributed by atoms with Gasteiger partial charge in [0, 0.05) is 22.6 Å². The van der Waals surface area contributed by atoms with E-state index in [1.54, 1.807) is 0 Å². The summed E-state index contributed by atoms with van der Waals surface area (Å²) < 4.78 is 6.99. The summed E-state index contributed by atoms with van der Waals surface area (Å²) in [6.45, 7) is 7.05. The number of nitrogens with one attached hydrogen (secondary N) is 1. The molecular weight excluding hydrogens is 326 g/mol. The van der Waals surface area contributed by atoms with Crippen molar-refractivity contribution < 1.29 is 4.74 Å². The van der Waals surface area contributed by atoms with Crippen LogP contribution in [0.15, 0.2) is 53.0 Å². The van der Waals surface area contributed by atoms with Crippen molar-refractivity contribution in [3.8, 4) is 5.75 Å². The molecule has 0 radical (unpaired) electrons. The van der Waals surface area contributed by atoms with Crippen molar-refractivity contribution in [2.24, 2.45) is 0 Å². The summed E-state index contributed by atoms with van der Waals surface area (Å²) in [5, 5.41) is 3.56. The van der Waals surface area contributed by atoms with Crippen molar-refractivity contribution in [3.63, 3.8) is 0 Å². The first-order valence-electron chi connectivity index (χ1n) is 7.30. The first kappa shape index (κ1) is 16.1. The van der Waals surface area contributed by atoms with Gasteiger partial charge in [-0.2, -0.15) is 0 Å². The van der Waals surface area contributed by atoms with Gasteiger partial charge in [0.15, 0.2) is 0 Å². The molecular formula is C18H22BrNO. The molecule has 0 aromatic heterocycles. The van der Waals surface area contributed by atoms with Gasteiger partial charge in [-0.25, -0.2) is 0 Å². The van der Waals surface area contributed by atoms with Crippen molar-refractivity contribution in [3.05, 3.63) is 64.1 Å². The summed E-state index contributed by atoms with van der Waals surface area (Å²) in [7, 11) is 0. The molecule has 0 saturated carbocycles. The molecule has 0 spiro atoms. The Morgan fingerprint density at radius 1 is 1.00 bits per heavy atom. The van der Waals surface area contributed by atoms with Crippen molar-refractivity contribution in [1.82, 2.24) is 5.32 Å². The molecule has 0 aliphatic carbocycles. The maximum atomic E-state index is 5.86. The van der Waals surface area contributed by atoms with E-state index in [-0.39, 0.29) is 12.1 Å². The molecule has 0 bridgehead atoms. The van der Waals surface area contributed by atoms with Gasteiger partial charge in [0.05, 0.1) is 6.10 Å². The van der Waals surface area contributed by atoms with Crippen LogP contribution in [0.1, 0.15) is 37.9 Å². The summed E-state index contributed by atoms with van der Waals surface area (Å²) in [4.78, 5) is 0. The van der Waals surface area contributed by atoms with E-state index < -0.39 is 0 Å². The zero-order valence-corrected chi connectivity index (χ0v) is 14.4. The second-order valence-electron chi connectivity index (χ2n) is 5.40. The van der Waals surface area contributed by atoms with Crippen LogP contribution in [0.2, 0.25) is 0 Å². The Morgan fingerprint density at radius 2 is 1.67 bits per heavy atom. The third-order valence-corrected chi connectivity index (χ3v) is 4.03. The highest BCUT2D eigenvalue weighted by atomic mass is 79.9. The number of para-hydroxylation sites is 1. The molecule has 1 N–H and O–H groups in total. The number of rotatable bonds is 6. The maximum Gasteiger partial charge on any atom is 0.124 e. The topological polar surface area (TPSA) is 21.3 Å². The van der Waals surface area contributed by atoms with Crippen LogP contribution >= 0.6 is 15.9 Å². The molecule has 21 heavy (non-hydrogen) atoms. The monoisotopic (exact) mass is 347 g/mol. The molecule has 2 aromatic carbocycles. The molecule has 0 fully saturated rings. The summed E-state index contributed by atoms with van der Waals surface area (Å²) in [5.41, 5.74) is 2.45. The summed E-state index contributed by atoms with van der Waals surface area (Å²) >= 11 is 3.61. The molecule has 2 rings (SSSR count). The molecule has 0 saturated heterocycles. The Kier molecular flexibility index (Phi) is 5.83. The smallest absolute Gasteiger partial charge is 0.124 e. The molecule has 0 aliphatic rings. The normalized spacial score (nSPS) is 12.4. The van der Waals surface area contributed by atoms with E-state index in [1.165, 1.54) is 11.1 Å². The van der Waals surface area contributed by atoms with Crippen molar-refractivity contribution in [2.75, 3.05) is 0 Å². The van der Waals surface area contributed by atoms with Crippen LogP contribution in [0.25, 0.3) is 0 Å². The lowest BCUT2D eigenvalue weighted by molar-refractivity contribution is 0.239. The Hall–Kier alpha value is -1.32. The van der Waals surface area contributed by atoms with Crippen LogP contribution in [0.4, 0.5) is 0 Å². The maximum absolute atomic E-state index is 5.86. The van der Waals surface area contributed by atoms with Crippen LogP contribution in [0.5, 0.6) is 5.75 Å². The van der Waals surface area contributed by atoms with Crippen molar-refractivity contribution >= 4 is 15.9 Å². The van der Waals surface area contributed by atoms with Crippen molar-refractivity contribution in [1.29, 1.82) is 0 Å². The Bertz CT molecular complexity index is 583. The fraction of sp³-hybridized carbons (Fsp3) is 0.333. The molecule has 2 aromatic rings. The van der Waals surface area contributed by atoms with Crippen LogP contribution in [-0.4, -0.2) is 6.10 Å². The van der Waals surface area contributed by atoms with Gasteiger partial charge in [0.2, 0.25) is 0 Å². The van der Waals surface area contributed by atoms with Crippen LogP contribution in [0, 0.1) is 0 Å². The van der Waals surface area contributed by atoms with E-state index in [4.69, 9.17) is 4.74 Å². The molecule has 112 valence electrons. The zero-order chi connectivity index (χ0) is 15.2. The summed E-state index contributed by atoms with van der Waals surface area (Å²) in [5.74, 6) is 0.958. The second-order valence-corrected chi connectivity index (χ2v) is 6.25. The average Bonchev–Trinajstić information content (AvgIpc) is 2.46. The molecule has 0 amide bonds. The van der Waals surface area contributed by atoms with Crippen LogP contribution in [-0.2, 0) is 6.54 Å². The third-order valence-electron chi connectivity index (χ3n) is 3.31. The standard InChI is InChI=1S/C18H22BrNO/c1-13(2)21-18-11-7-4-8-15(18)12-20-14(3)16-9-5-6-10-17(16)19/h4-11,13-14,20H,12H2,1-3H3/t14-/m1/s1. The first-order chi connectivity index (χ1) is 10.1. The van der Waals surface area contributed by atoms with E-state index in [0.29, 0.717) is 0 Å². The van der Waals surface area contributed by atoms with E-state index >= 15 is 0 Å². The van der Waals surface area contributed by atoms with Crippen LogP contribution in [0.3, 0.4) is 0 Å². The molecule has 0 unspecified atom stereocenters. The molecule has 1 atom stereocenters. The second kappa shape index (κ2) is 7.62. The van der Waals surface area contributed by atoms with Gasteiger partial charge < -0.3 is 10.1 Å². The lowest BCUT2D eigenvalue weighted by Gasteiger charge is -2.18. The zero-order valence-electron chi connectivity index (χ0n) is 12.8. The highest BCUT2D eigenvalue weighted by Crippen LogP contribution is 2.24. The number of hydrogen-bond donors (Lipinski definition) is 1. The fourth-order valence-corrected chi connectivity index (χ4v) is 2.85. The van der Waals surface area contributed by atoms with Gasteiger partial charge in [-0.1, -0.05) is 52.3 Å². The SMILES string of the molecule is CC(C)Oc1ccccc1CN[C@H](C)c1ccccc1Br. The molecule has 2 nitrogen and oxygen atoms in total. The lowest BCUT2D eigenvalue weighted by Crippen LogP contribution is -2.19. The Labute approximate surface area is 135 Å². The van der Waals surface area contributed by atoms with Gasteiger partial charge in [-0.15, -0.1) is 0 Å². The van der Waals surface area contributed by atoms with E-state index in [2.05, 4.69) is 52.4 Å². The highest BCUT2D eigenvalue weighted by Gasteiger charge is 2.10. The van der Waals surface area contributed by atoms with E-state index in [1.807, 2.05) is 38.1 Å².